The van der Waals surface area contributed by atoms with Crippen molar-refractivity contribution in [3.63, 3.8) is 0 Å². The van der Waals surface area contributed by atoms with E-state index in [1.807, 2.05) is 37.3 Å². The summed E-state index contributed by atoms with van der Waals surface area (Å²) in [4.78, 5) is 16.4. The average Bonchev–Trinajstić information content (AvgIpc) is 2.34. The van der Waals surface area contributed by atoms with Crippen LogP contribution in [0.25, 0.3) is 0 Å². The molecule has 4 nitrogen and oxygen atoms in total. The van der Waals surface area contributed by atoms with E-state index in [1.54, 1.807) is 0 Å². The fraction of sp³-hybridized carbons (Fsp3) is 0.462. The Morgan fingerprint density at radius 2 is 2.06 bits per heavy atom. The van der Waals surface area contributed by atoms with Crippen molar-refractivity contribution in [2.24, 2.45) is 0 Å². The highest BCUT2D eigenvalue weighted by Crippen LogP contribution is 2.10. The molecule has 1 N–H and O–H groups in total. The fourth-order valence-electron chi connectivity index (χ4n) is 1.74. The van der Waals surface area contributed by atoms with E-state index in [9.17, 15) is 9.90 Å². The van der Waals surface area contributed by atoms with Crippen molar-refractivity contribution in [3.8, 4) is 0 Å². The van der Waals surface area contributed by atoms with Crippen LogP contribution in [0.5, 0.6) is 0 Å². The molecule has 0 aliphatic heterocycles. The van der Waals surface area contributed by atoms with Gasteiger partial charge in [-0.15, -0.1) is 0 Å². The average molecular weight is 237 g/mol. The molecule has 0 fully saturated rings. The molecule has 17 heavy (non-hydrogen) atoms. The predicted octanol–water partition coefficient (Wildman–Crippen LogP) is 1.96. The maximum Gasteiger partial charge on any atom is 0.323 e. The summed E-state index contributed by atoms with van der Waals surface area (Å²) in [6, 6.07) is 8.95. The van der Waals surface area contributed by atoms with E-state index < -0.39 is 12.0 Å². The molecule has 0 spiro atoms. The van der Waals surface area contributed by atoms with Gasteiger partial charge in [0.25, 0.3) is 0 Å². The zero-order valence-corrected chi connectivity index (χ0v) is 10.3. The molecule has 0 aromatic heterocycles. The van der Waals surface area contributed by atoms with Gasteiger partial charge >= 0.3 is 5.97 Å². The SMILES string of the molecule is CCCN(OC)[C@@H](Cc1ccccc1)C(=O)O. The van der Waals surface area contributed by atoms with Crippen molar-refractivity contribution < 1.29 is 14.7 Å². The van der Waals surface area contributed by atoms with E-state index in [2.05, 4.69) is 0 Å². The molecule has 1 aromatic carbocycles. The molecule has 0 saturated carbocycles. The van der Waals surface area contributed by atoms with E-state index in [1.165, 1.54) is 12.2 Å². The Kier molecular flexibility index (Phi) is 5.66. The second-order valence-corrected chi connectivity index (χ2v) is 3.87. The van der Waals surface area contributed by atoms with Gasteiger partial charge in [0, 0.05) is 13.0 Å². The molecule has 94 valence electrons. The monoisotopic (exact) mass is 237 g/mol. The van der Waals surface area contributed by atoms with Crippen molar-refractivity contribution in [1.82, 2.24) is 5.06 Å². The number of rotatable bonds is 7. The second kappa shape index (κ2) is 7.04. The molecule has 1 atom stereocenters. The first-order valence-corrected chi connectivity index (χ1v) is 5.76. The molecule has 0 saturated heterocycles. The second-order valence-electron chi connectivity index (χ2n) is 3.87. The summed E-state index contributed by atoms with van der Waals surface area (Å²) in [7, 11) is 1.51. The summed E-state index contributed by atoms with van der Waals surface area (Å²) >= 11 is 0. The number of carboxylic acid groups (broad SMARTS) is 1. The van der Waals surface area contributed by atoms with E-state index >= 15 is 0 Å². The first-order chi connectivity index (χ1) is 8.19. The quantitative estimate of drug-likeness (QED) is 0.736. The van der Waals surface area contributed by atoms with Gasteiger partial charge in [-0.25, -0.2) is 0 Å². The summed E-state index contributed by atoms with van der Waals surface area (Å²) < 4.78 is 0. The van der Waals surface area contributed by atoms with Crippen LogP contribution >= 0.6 is 0 Å². The molecule has 1 rings (SSSR count). The molecule has 0 aliphatic carbocycles. The van der Waals surface area contributed by atoms with Gasteiger partial charge in [0.2, 0.25) is 0 Å². The van der Waals surface area contributed by atoms with Crippen LogP contribution < -0.4 is 0 Å². The lowest BCUT2D eigenvalue weighted by molar-refractivity contribution is -0.184. The first kappa shape index (κ1) is 13.7. The standard InChI is InChI=1S/C13H19NO3/c1-3-9-14(17-2)12(13(15)16)10-11-7-5-4-6-8-11/h4-8,12H,3,9-10H2,1-2H3,(H,15,16)/t12-/m0/s1. The van der Waals surface area contributed by atoms with E-state index in [4.69, 9.17) is 4.84 Å². The predicted molar refractivity (Wildman–Crippen MR) is 65.6 cm³/mol. The number of carboxylic acids is 1. The molecule has 0 unspecified atom stereocenters. The van der Waals surface area contributed by atoms with E-state index in [0.29, 0.717) is 13.0 Å². The summed E-state index contributed by atoms with van der Waals surface area (Å²) in [5.74, 6) is -0.857. The first-order valence-electron chi connectivity index (χ1n) is 5.76. The van der Waals surface area contributed by atoms with Crippen LogP contribution in [0.2, 0.25) is 0 Å². The Balaban J connectivity index is 2.75. The van der Waals surface area contributed by atoms with Crippen LogP contribution in [0.3, 0.4) is 0 Å². The van der Waals surface area contributed by atoms with Gasteiger partial charge in [-0.1, -0.05) is 37.3 Å². The summed E-state index contributed by atoms with van der Waals surface area (Å²) in [5, 5.41) is 10.8. The van der Waals surface area contributed by atoms with Gasteiger partial charge in [-0.2, -0.15) is 5.06 Å². The van der Waals surface area contributed by atoms with E-state index in [0.717, 1.165) is 12.0 Å². The lowest BCUT2D eigenvalue weighted by Crippen LogP contribution is -2.42. The lowest BCUT2D eigenvalue weighted by Gasteiger charge is -2.25. The minimum Gasteiger partial charge on any atom is -0.480 e. The smallest absolute Gasteiger partial charge is 0.323 e. The van der Waals surface area contributed by atoms with Crippen molar-refractivity contribution in [1.29, 1.82) is 0 Å². The van der Waals surface area contributed by atoms with Gasteiger partial charge < -0.3 is 9.94 Å². The van der Waals surface area contributed by atoms with Crippen molar-refractivity contribution >= 4 is 5.97 Å². The normalized spacial score (nSPS) is 12.6. The summed E-state index contributed by atoms with van der Waals surface area (Å²) in [5.41, 5.74) is 0.998. The molecular formula is C13H19NO3. The number of hydroxylamine groups is 2. The van der Waals surface area contributed by atoms with Crippen LogP contribution in [0.15, 0.2) is 30.3 Å². The summed E-state index contributed by atoms with van der Waals surface area (Å²) in [6.45, 7) is 2.60. The maximum absolute atomic E-state index is 11.3. The summed E-state index contributed by atoms with van der Waals surface area (Å²) in [6.07, 6.45) is 1.30. The highest BCUT2D eigenvalue weighted by Gasteiger charge is 2.25. The van der Waals surface area contributed by atoms with Gasteiger partial charge in [0.15, 0.2) is 0 Å². The minimum absolute atomic E-state index is 0.448. The zero-order chi connectivity index (χ0) is 12.7. The van der Waals surface area contributed by atoms with Gasteiger partial charge in [0.1, 0.15) is 6.04 Å². The van der Waals surface area contributed by atoms with Gasteiger partial charge in [0.05, 0.1) is 7.11 Å². The van der Waals surface area contributed by atoms with Gasteiger partial charge in [-0.05, 0) is 12.0 Å². The number of hydrogen-bond acceptors (Lipinski definition) is 3. The fourth-order valence-corrected chi connectivity index (χ4v) is 1.74. The lowest BCUT2D eigenvalue weighted by atomic mass is 10.1. The molecule has 0 radical (unpaired) electrons. The van der Waals surface area contributed by atoms with Crippen molar-refractivity contribution in [3.05, 3.63) is 35.9 Å². The number of benzene rings is 1. The Morgan fingerprint density at radius 3 is 2.53 bits per heavy atom. The maximum atomic E-state index is 11.3. The molecule has 0 amide bonds. The number of nitrogens with zero attached hydrogens (tertiary/aromatic N) is 1. The van der Waals surface area contributed by atoms with E-state index in [-0.39, 0.29) is 0 Å². The third-order valence-electron chi connectivity index (χ3n) is 2.58. The third kappa shape index (κ3) is 4.17. The van der Waals surface area contributed by atoms with Gasteiger partial charge in [-0.3, -0.25) is 4.79 Å². The Bertz CT molecular complexity index is 340. The van der Waals surface area contributed by atoms with Crippen LogP contribution in [0.1, 0.15) is 18.9 Å². The Morgan fingerprint density at radius 1 is 1.41 bits per heavy atom. The number of hydrogen-bond donors (Lipinski definition) is 1. The van der Waals surface area contributed by atoms with Crippen LogP contribution in [0.4, 0.5) is 0 Å². The minimum atomic E-state index is -0.857. The third-order valence-corrected chi connectivity index (χ3v) is 2.58. The molecule has 0 aliphatic rings. The molecule has 0 heterocycles. The van der Waals surface area contributed by atoms with Crippen LogP contribution in [-0.4, -0.2) is 35.8 Å². The van der Waals surface area contributed by atoms with Crippen LogP contribution in [-0.2, 0) is 16.1 Å². The van der Waals surface area contributed by atoms with Crippen molar-refractivity contribution in [2.75, 3.05) is 13.7 Å². The topological polar surface area (TPSA) is 49.8 Å². The number of carbonyl (C=O) groups is 1. The molecule has 0 bridgehead atoms. The number of aliphatic carboxylic acids is 1. The molecular weight excluding hydrogens is 218 g/mol. The Hall–Kier alpha value is -1.39. The Labute approximate surface area is 102 Å². The molecule has 1 aromatic rings. The largest absolute Gasteiger partial charge is 0.480 e. The highest BCUT2D eigenvalue weighted by molar-refractivity contribution is 5.73. The zero-order valence-electron chi connectivity index (χ0n) is 10.3. The van der Waals surface area contributed by atoms with Crippen molar-refractivity contribution in [2.45, 2.75) is 25.8 Å². The molecule has 4 heteroatoms. The van der Waals surface area contributed by atoms with Crippen LogP contribution in [0, 0.1) is 0 Å². The highest BCUT2D eigenvalue weighted by atomic mass is 16.7.